The van der Waals surface area contributed by atoms with E-state index in [1.807, 2.05) is 18.2 Å². The maximum Gasteiger partial charge on any atom is 0.333 e. The van der Waals surface area contributed by atoms with Crippen molar-refractivity contribution in [3.05, 3.63) is 111 Å². The standard InChI is InChI=1S/C25H18ClF3N4O2/c26-20-8-16(3-4-21(20)27)22(13-34)32-6-5-15(9-23(32)35)14-1-2-17-10-30-24(19(17)7-14)18-11-31-33(12-18)25(28)29/h1-9,11-12,22,25,34H,10,13H2/t22-/m1/s1. The average molecular weight is 499 g/mol. The van der Waals surface area contributed by atoms with E-state index in [0.29, 0.717) is 33.6 Å². The van der Waals surface area contributed by atoms with E-state index in [4.69, 9.17) is 11.6 Å². The number of hydrogen-bond donors (Lipinski definition) is 1. The lowest BCUT2D eigenvalue weighted by Gasteiger charge is -2.19. The molecule has 0 saturated heterocycles. The number of aliphatic imine (C=N–C) groups is 1. The minimum atomic E-state index is -2.74. The zero-order valence-corrected chi connectivity index (χ0v) is 18.8. The lowest BCUT2D eigenvalue weighted by molar-refractivity contribution is 0.0566. The van der Waals surface area contributed by atoms with Gasteiger partial charge in [0.2, 0.25) is 0 Å². The van der Waals surface area contributed by atoms with E-state index in [1.54, 1.807) is 12.3 Å². The van der Waals surface area contributed by atoms with Gasteiger partial charge in [-0.3, -0.25) is 9.79 Å². The van der Waals surface area contributed by atoms with Crippen LogP contribution < -0.4 is 5.56 Å². The molecule has 6 nitrogen and oxygen atoms in total. The Hall–Kier alpha value is -3.69. The highest BCUT2D eigenvalue weighted by Crippen LogP contribution is 2.29. The number of fused-ring (bicyclic) bond motifs is 1. The average Bonchev–Trinajstić information content (AvgIpc) is 3.49. The van der Waals surface area contributed by atoms with E-state index in [0.717, 1.165) is 16.7 Å². The van der Waals surface area contributed by atoms with Crippen LogP contribution in [-0.4, -0.2) is 31.8 Å². The van der Waals surface area contributed by atoms with Gasteiger partial charge in [0.15, 0.2) is 0 Å². The zero-order valence-electron chi connectivity index (χ0n) is 18.1. The van der Waals surface area contributed by atoms with E-state index < -0.39 is 18.4 Å². The molecular formula is C25H18ClF3N4O2. The van der Waals surface area contributed by atoms with E-state index in [-0.39, 0.29) is 17.2 Å². The first-order valence-electron chi connectivity index (χ1n) is 10.6. The van der Waals surface area contributed by atoms with Crippen molar-refractivity contribution < 1.29 is 18.3 Å². The Bertz CT molecular complexity index is 1510. The predicted molar refractivity (Wildman–Crippen MR) is 126 cm³/mol. The lowest BCUT2D eigenvalue weighted by atomic mass is 9.96. The summed E-state index contributed by atoms with van der Waals surface area (Å²) in [5.74, 6) is -0.587. The van der Waals surface area contributed by atoms with Crippen LogP contribution in [0.25, 0.3) is 11.1 Å². The fraction of sp³-hybridized carbons (Fsp3) is 0.160. The highest BCUT2D eigenvalue weighted by Gasteiger charge is 2.21. The molecule has 1 N–H and O–H groups in total. The third kappa shape index (κ3) is 4.28. The second-order valence-electron chi connectivity index (χ2n) is 8.06. The second-order valence-corrected chi connectivity index (χ2v) is 8.46. The van der Waals surface area contributed by atoms with Gasteiger partial charge in [-0.1, -0.05) is 29.8 Å². The summed E-state index contributed by atoms with van der Waals surface area (Å²) in [4.78, 5) is 17.4. The summed E-state index contributed by atoms with van der Waals surface area (Å²) < 4.78 is 41.3. The van der Waals surface area contributed by atoms with Crippen molar-refractivity contribution in [2.24, 2.45) is 4.99 Å². The molecule has 5 rings (SSSR count). The first-order chi connectivity index (χ1) is 16.9. The fourth-order valence-corrected chi connectivity index (χ4v) is 4.37. The van der Waals surface area contributed by atoms with Crippen LogP contribution in [0.2, 0.25) is 5.02 Å². The molecule has 178 valence electrons. The summed E-state index contributed by atoms with van der Waals surface area (Å²) in [6.45, 7) is -2.70. The number of benzene rings is 2. The smallest absolute Gasteiger partial charge is 0.333 e. The second kappa shape index (κ2) is 9.16. The molecule has 2 aromatic heterocycles. The molecule has 0 amide bonds. The van der Waals surface area contributed by atoms with Crippen LogP contribution >= 0.6 is 11.6 Å². The highest BCUT2D eigenvalue weighted by atomic mass is 35.5. The Morgan fingerprint density at radius 2 is 1.86 bits per heavy atom. The van der Waals surface area contributed by atoms with Gasteiger partial charge in [0, 0.05) is 29.6 Å². The van der Waals surface area contributed by atoms with E-state index in [2.05, 4.69) is 10.1 Å². The van der Waals surface area contributed by atoms with Gasteiger partial charge in [-0.25, -0.2) is 9.07 Å². The summed E-state index contributed by atoms with van der Waals surface area (Å²) in [7, 11) is 0. The van der Waals surface area contributed by atoms with Crippen LogP contribution in [0.5, 0.6) is 0 Å². The molecule has 0 aliphatic carbocycles. The van der Waals surface area contributed by atoms with Gasteiger partial charge in [-0.2, -0.15) is 13.9 Å². The summed E-state index contributed by atoms with van der Waals surface area (Å²) in [6.07, 6.45) is 4.17. The molecule has 10 heteroatoms. The first kappa shape index (κ1) is 23.1. The number of alkyl halides is 2. The summed E-state index contributed by atoms with van der Waals surface area (Å²) in [5, 5.41) is 13.5. The van der Waals surface area contributed by atoms with Crippen LogP contribution in [0, 0.1) is 5.82 Å². The fourth-order valence-electron chi connectivity index (χ4n) is 4.18. The minimum absolute atomic E-state index is 0.0969. The van der Waals surface area contributed by atoms with Crippen LogP contribution in [0.1, 0.15) is 34.8 Å². The Kier molecular flexibility index (Phi) is 6.04. The van der Waals surface area contributed by atoms with E-state index >= 15 is 0 Å². The number of halogens is 4. The van der Waals surface area contributed by atoms with Crippen LogP contribution in [0.4, 0.5) is 13.2 Å². The maximum atomic E-state index is 13.5. The van der Waals surface area contributed by atoms with Crippen molar-refractivity contribution in [1.29, 1.82) is 0 Å². The van der Waals surface area contributed by atoms with Gasteiger partial charge in [0.05, 0.1) is 36.1 Å². The molecule has 1 aliphatic rings. The molecule has 0 radical (unpaired) electrons. The maximum absolute atomic E-state index is 13.5. The van der Waals surface area contributed by atoms with Gasteiger partial charge in [-0.15, -0.1) is 0 Å². The summed E-state index contributed by atoms with van der Waals surface area (Å²) >= 11 is 5.87. The lowest BCUT2D eigenvalue weighted by Crippen LogP contribution is -2.26. The van der Waals surface area contributed by atoms with Crippen LogP contribution in [-0.2, 0) is 6.54 Å². The van der Waals surface area contributed by atoms with Gasteiger partial charge in [0.1, 0.15) is 5.82 Å². The first-order valence-corrected chi connectivity index (χ1v) is 11.0. The molecule has 2 aromatic carbocycles. The molecule has 3 heterocycles. The molecule has 0 unspecified atom stereocenters. The number of nitrogens with zero attached hydrogens (tertiary/aromatic N) is 4. The summed E-state index contributed by atoms with van der Waals surface area (Å²) in [6, 6.07) is 12.1. The number of aromatic nitrogens is 3. The number of rotatable bonds is 6. The predicted octanol–water partition coefficient (Wildman–Crippen LogP) is 4.83. The zero-order chi connectivity index (χ0) is 24.7. The Labute approximate surface area is 202 Å². The Morgan fingerprint density at radius 3 is 2.54 bits per heavy atom. The SMILES string of the molecule is O=c1cc(-c2ccc3c(c2)C(c2cnn(C(F)F)c2)=NC3)ccn1[C@H](CO)c1ccc(F)c(Cl)c1. The molecule has 0 spiro atoms. The Balaban J connectivity index is 1.48. The topological polar surface area (TPSA) is 72.4 Å². The largest absolute Gasteiger partial charge is 0.394 e. The molecule has 35 heavy (non-hydrogen) atoms. The Morgan fingerprint density at radius 1 is 1.06 bits per heavy atom. The molecule has 1 aliphatic heterocycles. The third-order valence-electron chi connectivity index (χ3n) is 5.97. The van der Waals surface area contributed by atoms with Crippen molar-refractivity contribution in [2.45, 2.75) is 19.1 Å². The minimum Gasteiger partial charge on any atom is -0.394 e. The normalized spacial score (nSPS) is 13.7. The van der Waals surface area contributed by atoms with Crippen molar-refractivity contribution in [2.75, 3.05) is 6.61 Å². The third-order valence-corrected chi connectivity index (χ3v) is 6.26. The van der Waals surface area contributed by atoms with Crippen molar-refractivity contribution >= 4 is 17.3 Å². The van der Waals surface area contributed by atoms with Crippen molar-refractivity contribution in [3.8, 4) is 11.1 Å². The molecule has 1 atom stereocenters. The van der Waals surface area contributed by atoms with Gasteiger partial charge >= 0.3 is 6.55 Å². The van der Waals surface area contributed by atoms with Gasteiger partial charge < -0.3 is 9.67 Å². The number of aliphatic hydroxyl groups excluding tert-OH is 1. The van der Waals surface area contributed by atoms with Gasteiger partial charge in [-0.05, 0) is 46.5 Å². The quantitative estimate of drug-likeness (QED) is 0.414. The van der Waals surface area contributed by atoms with Crippen LogP contribution in [0.15, 0.2) is 76.9 Å². The highest BCUT2D eigenvalue weighted by molar-refractivity contribution is 6.30. The molecule has 0 bridgehead atoms. The molecule has 0 saturated carbocycles. The molecular weight excluding hydrogens is 481 g/mol. The number of aliphatic hydroxyl groups is 1. The summed E-state index contributed by atoms with van der Waals surface area (Å²) in [5.41, 5.74) is 4.29. The van der Waals surface area contributed by atoms with Crippen LogP contribution in [0.3, 0.4) is 0 Å². The van der Waals surface area contributed by atoms with E-state index in [1.165, 1.54) is 41.2 Å². The van der Waals surface area contributed by atoms with Crippen molar-refractivity contribution in [1.82, 2.24) is 14.3 Å². The molecule has 0 fully saturated rings. The van der Waals surface area contributed by atoms with Crippen molar-refractivity contribution in [3.63, 3.8) is 0 Å². The number of pyridine rings is 1. The van der Waals surface area contributed by atoms with Gasteiger partial charge in [0.25, 0.3) is 5.56 Å². The number of hydrogen-bond acceptors (Lipinski definition) is 4. The van der Waals surface area contributed by atoms with E-state index in [9.17, 15) is 23.1 Å². The monoisotopic (exact) mass is 498 g/mol. The molecule has 4 aromatic rings.